The molecule has 0 aliphatic carbocycles. The first kappa shape index (κ1) is 22.0. The highest BCUT2D eigenvalue weighted by Crippen LogP contribution is 2.18. The predicted octanol–water partition coefficient (Wildman–Crippen LogP) is 1.25. The second kappa shape index (κ2) is 10.9. The molecule has 1 atom stereocenters. The Morgan fingerprint density at radius 2 is 2.11 bits per heavy atom. The molecule has 1 aliphatic rings. The monoisotopic (exact) mass is 392 g/mol. The molecule has 2 amide bonds. The SMILES string of the molecule is CCN(CCNC(=O)N1CCOC(CN(C)CC(=O)O)C1)c1ccccc1C. The maximum absolute atomic E-state index is 12.5. The van der Waals surface area contributed by atoms with Crippen LogP contribution in [0.4, 0.5) is 10.5 Å². The molecule has 8 heteroatoms. The number of ether oxygens (including phenoxy) is 1. The van der Waals surface area contributed by atoms with Gasteiger partial charge in [-0.05, 0) is 32.5 Å². The Hall–Kier alpha value is -2.32. The number of aliphatic carboxylic acids is 1. The van der Waals surface area contributed by atoms with Gasteiger partial charge in [0.15, 0.2) is 0 Å². The lowest BCUT2D eigenvalue weighted by Gasteiger charge is -2.34. The van der Waals surface area contributed by atoms with Crippen molar-refractivity contribution >= 4 is 17.7 Å². The number of nitrogens with one attached hydrogen (secondary N) is 1. The highest BCUT2D eigenvalue weighted by molar-refractivity contribution is 5.74. The van der Waals surface area contributed by atoms with Crippen molar-refractivity contribution in [3.05, 3.63) is 29.8 Å². The number of morpholine rings is 1. The molecule has 1 aliphatic heterocycles. The van der Waals surface area contributed by atoms with Gasteiger partial charge in [-0.25, -0.2) is 4.79 Å². The van der Waals surface area contributed by atoms with Crippen LogP contribution in [0.3, 0.4) is 0 Å². The van der Waals surface area contributed by atoms with Gasteiger partial charge in [0.05, 0.1) is 19.3 Å². The number of carbonyl (C=O) groups is 2. The van der Waals surface area contributed by atoms with Gasteiger partial charge in [-0.3, -0.25) is 9.69 Å². The first-order chi connectivity index (χ1) is 13.4. The van der Waals surface area contributed by atoms with Crippen molar-refractivity contribution in [1.82, 2.24) is 15.1 Å². The second-order valence-electron chi connectivity index (χ2n) is 7.13. The van der Waals surface area contributed by atoms with E-state index in [1.807, 2.05) is 12.1 Å². The highest BCUT2D eigenvalue weighted by atomic mass is 16.5. The van der Waals surface area contributed by atoms with Crippen molar-refractivity contribution in [2.24, 2.45) is 0 Å². The molecule has 2 rings (SSSR count). The maximum atomic E-state index is 12.5. The number of benzene rings is 1. The lowest BCUT2D eigenvalue weighted by molar-refractivity contribution is -0.138. The van der Waals surface area contributed by atoms with Crippen molar-refractivity contribution in [2.45, 2.75) is 20.0 Å². The molecule has 0 spiro atoms. The van der Waals surface area contributed by atoms with E-state index < -0.39 is 5.97 Å². The topological polar surface area (TPSA) is 85.4 Å². The third-order valence-corrected chi connectivity index (χ3v) is 4.84. The number of urea groups is 1. The molecular formula is C20H32N4O4. The van der Waals surface area contributed by atoms with E-state index >= 15 is 0 Å². The largest absolute Gasteiger partial charge is 0.480 e. The van der Waals surface area contributed by atoms with Crippen LogP contribution in [-0.4, -0.2) is 92.5 Å². The van der Waals surface area contributed by atoms with E-state index in [9.17, 15) is 9.59 Å². The Bertz CT molecular complexity index is 655. The average Bonchev–Trinajstić information content (AvgIpc) is 2.65. The summed E-state index contributed by atoms with van der Waals surface area (Å²) >= 11 is 0. The second-order valence-corrected chi connectivity index (χ2v) is 7.13. The van der Waals surface area contributed by atoms with Crippen LogP contribution >= 0.6 is 0 Å². The molecule has 1 saturated heterocycles. The summed E-state index contributed by atoms with van der Waals surface area (Å²) in [5.41, 5.74) is 2.41. The van der Waals surface area contributed by atoms with Gasteiger partial charge in [-0.1, -0.05) is 18.2 Å². The van der Waals surface area contributed by atoms with Gasteiger partial charge in [-0.15, -0.1) is 0 Å². The average molecular weight is 393 g/mol. The minimum absolute atomic E-state index is 0.0438. The van der Waals surface area contributed by atoms with Crippen molar-refractivity contribution in [2.75, 3.05) is 64.4 Å². The van der Waals surface area contributed by atoms with Crippen LogP contribution in [0, 0.1) is 6.92 Å². The van der Waals surface area contributed by atoms with E-state index in [0.717, 1.165) is 13.1 Å². The van der Waals surface area contributed by atoms with E-state index in [1.165, 1.54) is 11.3 Å². The molecule has 8 nitrogen and oxygen atoms in total. The number of para-hydroxylation sites is 1. The highest BCUT2D eigenvalue weighted by Gasteiger charge is 2.25. The van der Waals surface area contributed by atoms with Crippen molar-refractivity contribution < 1.29 is 19.4 Å². The summed E-state index contributed by atoms with van der Waals surface area (Å²) in [4.78, 5) is 29.0. The van der Waals surface area contributed by atoms with Crippen LogP contribution in [0.5, 0.6) is 0 Å². The van der Waals surface area contributed by atoms with E-state index in [2.05, 4.69) is 36.2 Å². The van der Waals surface area contributed by atoms with Gasteiger partial charge >= 0.3 is 12.0 Å². The number of amides is 2. The third kappa shape index (κ3) is 6.69. The number of carbonyl (C=O) groups excluding carboxylic acids is 1. The molecule has 0 radical (unpaired) electrons. The summed E-state index contributed by atoms with van der Waals surface area (Å²) in [6, 6.07) is 8.14. The zero-order valence-electron chi connectivity index (χ0n) is 17.1. The molecule has 0 bridgehead atoms. The summed E-state index contributed by atoms with van der Waals surface area (Å²) in [7, 11) is 1.74. The summed E-state index contributed by atoms with van der Waals surface area (Å²) < 4.78 is 5.68. The van der Waals surface area contributed by atoms with Gasteiger partial charge in [0.25, 0.3) is 0 Å². The Balaban J connectivity index is 1.79. The summed E-state index contributed by atoms with van der Waals surface area (Å²) in [5, 5.41) is 11.8. The molecule has 1 aromatic carbocycles. The van der Waals surface area contributed by atoms with Gasteiger partial charge in [-0.2, -0.15) is 0 Å². The minimum Gasteiger partial charge on any atom is -0.480 e. The number of aryl methyl sites for hydroxylation is 1. The van der Waals surface area contributed by atoms with Gasteiger partial charge in [0.2, 0.25) is 0 Å². The standard InChI is InChI=1S/C20H32N4O4/c1-4-23(18-8-6-5-7-16(18)2)10-9-21-20(27)24-11-12-28-17(14-24)13-22(3)15-19(25)26/h5-8,17H,4,9-15H2,1-3H3,(H,21,27)(H,25,26). The van der Waals surface area contributed by atoms with Crippen LogP contribution in [0.25, 0.3) is 0 Å². The van der Waals surface area contributed by atoms with E-state index in [4.69, 9.17) is 9.84 Å². The lowest BCUT2D eigenvalue weighted by Crippen LogP contribution is -2.53. The van der Waals surface area contributed by atoms with Crippen LogP contribution in [0.1, 0.15) is 12.5 Å². The predicted molar refractivity (Wildman–Crippen MR) is 109 cm³/mol. The lowest BCUT2D eigenvalue weighted by atomic mass is 10.2. The molecule has 1 unspecified atom stereocenters. The van der Waals surface area contributed by atoms with Gasteiger partial charge < -0.3 is 25.0 Å². The molecule has 28 heavy (non-hydrogen) atoms. The van der Waals surface area contributed by atoms with Gasteiger partial charge in [0.1, 0.15) is 0 Å². The molecule has 1 fully saturated rings. The third-order valence-electron chi connectivity index (χ3n) is 4.84. The number of hydrogen-bond donors (Lipinski definition) is 2. The zero-order chi connectivity index (χ0) is 20.5. The molecule has 156 valence electrons. The van der Waals surface area contributed by atoms with E-state index in [0.29, 0.717) is 32.8 Å². The number of rotatable bonds is 9. The summed E-state index contributed by atoms with van der Waals surface area (Å²) in [6.45, 7) is 8.26. The normalized spacial score (nSPS) is 16.9. The van der Waals surface area contributed by atoms with Crippen molar-refractivity contribution in [3.63, 3.8) is 0 Å². The number of carboxylic acid groups (broad SMARTS) is 1. The molecule has 0 saturated carbocycles. The van der Waals surface area contributed by atoms with Crippen LogP contribution < -0.4 is 10.2 Å². The molecule has 0 aromatic heterocycles. The zero-order valence-corrected chi connectivity index (χ0v) is 17.1. The fraction of sp³-hybridized carbons (Fsp3) is 0.600. The Morgan fingerprint density at radius 1 is 1.36 bits per heavy atom. The molecule has 2 N–H and O–H groups in total. The number of nitrogens with zero attached hydrogens (tertiary/aromatic N) is 3. The van der Waals surface area contributed by atoms with E-state index in [-0.39, 0.29) is 18.7 Å². The Morgan fingerprint density at radius 3 is 2.79 bits per heavy atom. The number of anilines is 1. The number of likely N-dealkylation sites (N-methyl/N-ethyl adjacent to an activating group) is 2. The molecular weight excluding hydrogens is 360 g/mol. The molecule has 1 aromatic rings. The number of hydrogen-bond acceptors (Lipinski definition) is 5. The Labute approximate surface area is 167 Å². The maximum Gasteiger partial charge on any atom is 0.317 e. The van der Waals surface area contributed by atoms with Crippen LogP contribution in [0.2, 0.25) is 0 Å². The number of carboxylic acids is 1. The minimum atomic E-state index is -0.873. The summed E-state index contributed by atoms with van der Waals surface area (Å²) in [5.74, 6) is -0.873. The van der Waals surface area contributed by atoms with Crippen molar-refractivity contribution in [3.8, 4) is 0 Å². The Kier molecular flexibility index (Phi) is 8.53. The van der Waals surface area contributed by atoms with Crippen LogP contribution in [-0.2, 0) is 9.53 Å². The fourth-order valence-corrected chi connectivity index (χ4v) is 3.43. The first-order valence-corrected chi connectivity index (χ1v) is 9.76. The fourth-order valence-electron chi connectivity index (χ4n) is 3.43. The first-order valence-electron chi connectivity index (χ1n) is 9.76. The smallest absolute Gasteiger partial charge is 0.317 e. The van der Waals surface area contributed by atoms with Gasteiger partial charge in [0, 0.05) is 45.0 Å². The quantitative estimate of drug-likeness (QED) is 0.658. The van der Waals surface area contributed by atoms with Crippen molar-refractivity contribution in [1.29, 1.82) is 0 Å². The summed E-state index contributed by atoms with van der Waals surface area (Å²) in [6.07, 6.45) is -0.178. The van der Waals surface area contributed by atoms with Crippen LogP contribution in [0.15, 0.2) is 24.3 Å². The molecule has 1 heterocycles. The van der Waals surface area contributed by atoms with E-state index in [1.54, 1.807) is 16.8 Å².